The Morgan fingerprint density at radius 2 is 2.06 bits per heavy atom. The first-order valence-electron chi connectivity index (χ1n) is 6.85. The van der Waals surface area contributed by atoms with Gasteiger partial charge in [-0.05, 0) is 50.0 Å². The van der Waals surface area contributed by atoms with Gasteiger partial charge in [-0.2, -0.15) is 11.8 Å². The minimum Gasteiger partial charge on any atom is -0.446 e. The van der Waals surface area contributed by atoms with E-state index in [1.165, 1.54) is 31.4 Å². The molecular weight excluding hydrogens is 234 g/mol. The van der Waals surface area contributed by atoms with Crippen LogP contribution in [0.25, 0.3) is 0 Å². The van der Waals surface area contributed by atoms with Crippen molar-refractivity contribution in [1.82, 2.24) is 5.32 Å². The van der Waals surface area contributed by atoms with Crippen LogP contribution in [0.3, 0.4) is 0 Å². The van der Waals surface area contributed by atoms with Gasteiger partial charge in [0.25, 0.3) is 0 Å². The number of amides is 1. The van der Waals surface area contributed by atoms with Crippen molar-refractivity contribution in [3.8, 4) is 0 Å². The molecule has 0 aliphatic heterocycles. The molecule has 0 aromatic heterocycles. The zero-order chi connectivity index (χ0) is 12.3. The zero-order valence-electron chi connectivity index (χ0n) is 10.9. The molecule has 1 N–H and O–H groups in total. The summed E-state index contributed by atoms with van der Waals surface area (Å²) in [6, 6.07) is 0. The van der Waals surface area contributed by atoms with Crippen molar-refractivity contribution < 1.29 is 9.53 Å². The predicted octanol–water partition coefficient (Wildman–Crippen LogP) is 3.58. The van der Waals surface area contributed by atoms with Gasteiger partial charge >= 0.3 is 6.09 Å². The van der Waals surface area contributed by atoms with E-state index in [9.17, 15) is 4.79 Å². The van der Waals surface area contributed by atoms with E-state index in [1.807, 2.05) is 11.8 Å². The van der Waals surface area contributed by atoms with Gasteiger partial charge < -0.3 is 10.1 Å². The molecule has 1 aliphatic rings. The molecule has 0 heterocycles. The fourth-order valence-electron chi connectivity index (χ4n) is 1.99. The molecule has 0 radical (unpaired) electrons. The van der Waals surface area contributed by atoms with Gasteiger partial charge in [0.05, 0.1) is 0 Å². The van der Waals surface area contributed by atoms with Gasteiger partial charge in [-0.3, -0.25) is 0 Å². The highest BCUT2D eigenvalue weighted by molar-refractivity contribution is 7.99. The second-order valence-corrected chi connectivity index (χ2v) is 5.78. The molecule has 1 aliphatic carbocycles. The van der Waals surface area contributed by atoms with E-state index in [0.717, 1.165) is 31.6 Å². The summed E-state index contributed by atoms with van der Waals surface area (Å²) >= 11 is 1.95. The standard InChI is InChI=1S/C13H25NO2S/c1-2-10-17-11-6-9-14-13(15)16-12-7-4-3-5-8-12/h12H,2-11H2,1H3,(H,14,15). The molecule has 0 saturated heterocycles. The molecule has 100 valence electrons. The average molecular weight is 259 g/mol. The first-order valence-corrected chi connectivity index (χ1v) is 8.00. The topological polar surface area (TPSA) is 38.3 Å². The fourth-order valence-corrected chi connectivity index (χ4v) is 2.83. The number of alkyl carbamates (subject to hydrolysis) is 1. The summed E-state index contributed by atoms with van der Waals surface area (Å²) in [6.07, 6.45) is 7.97. The van der Waals surface area contributed by atoms with E-state index in [4.69, 9.17) is 4.74 Å². The van der Waals surface area contributed by atoms with Gasteiger partial charge in [0.1, 0.15) is 6.10 Å². The third-order valence-electron chi connectivity index (χ3n) is 2.91. The Bertz CT molecular complexity index is 206. The Kier molecular flexibility index (Phi) is 8.32. The van der Waals surface area contributed by atoms with E-state index in [1.54, 1.807) is 0 Å². The molecule has 1 saturated carbocycles. The molecule has 1 fully saturated rings. The van der Waals surface area contributed by atoms with Gasteiger partial charge in [0, 0.05) is 6.54 Å². The van der Waals surface area contributed by atoms with Crippen molar-refractivity contribution in [2.75, 3.05) is 18.1 Å². The molecule has 1 rings (SSSR count). The van der Waals surface area contributed by atoms with Crippen LogP contribution in [0.5, 0.6) is 0 Å². The van der Waals surface area contributed by atoms with Gasteiger partial charge in [0.2, 0.25) is 0 Å². The minimum atomic E-state index is -0.225. The molecule has 4 heteroatoms. The summed E-state index contributed by atoms with van der Waals surface area (Å²) in [4.78, 5) is 11.5. The summed E-state index contributed by atoms with van der Waals surface area (Å²) in [5.41, 5.74) is 0. The lowest BCUT2D eigenvalue weighted by Gasteiger charge is -2.21. The average Bonchev–Trinajstić information content (AvgIpc) is 2.35. The molecule has 0 spiro atoms. The summed E-state index contributed by atoms with van der Waals surface area (Å²) in [7, 11) is 0. The predicted molar refractivity (Wildman–Crippen MR) is 73.6 cm³/mol. The molecule has 0 bridgehead atoms. The van der Waals surface area contributed by atoms with Crippen LogP contribution in [0.15, 0.2) is 0 Å². The van der Waals surface area contributed by atoms with Crippen molar-refractivity contribution in [2.24, 2.45) is 0 Å². The summed E-state index contributed by atoms with van der Waals surface area (Å²) in [6.45, 7) is 2.93. The number of hydrogen-bond donors (Lipinski definition) is 1. The molecule has 17 heavy (non-hydrogen) atoms. The van der Waals surface area contributed by atoms with E-state index in [-0.39, 0.29) is 12.2 Å². The Morgan fingerprint density at radius 3 is 2.76 bits per heavy atom. The Balaban J connectivity index is 1.93. The van der Waals surface area contributed by atoms with Gasteiger partial charge in [-0.25, -0.2) is 4.79 Å². The number of thioether (sulfide) groups is 1. The monoisotopic (exact) mass is 259 g/mol. The Labute approximate surface area is 109 Å². The van der Waals surface area contributed by atoms with Crippen molar-refractivity contribution in [1.29, 1.82) is 0 Å². The lowest BCUT2D eigenvalue weighted by atomic mass is 9.98. The highest BCUT2D eigenvalue weighted by Gasteiger charge is 2.16. The first-order chi connectivity index (χ1) is 8.33. The Hall–Kier alpha value is -0.380. The number of carbonyl (C=O) groups excluding carboxylic acids is 1. The fraction of sp³-hybridized carbons (Fsp3) is 0.923. The van der Waals surface area contributed by atoms with Crippen LogP contribution in [0.2, 0.25) is 0 Å². The van der Waals surface area contributed by atoms with Crippen LogP contribution in [-0.4, -0.2) is 30.2 Å². The summed E-state index contributed by atoms with van der Waals surface area (Å²) < 4.78 is 5.36. The van der Waals surface area contributed by atoms with Crippen LogP contribution in [-0.2, 0) is 4.74 Å². The minimum absolute atomic E-state index is 0.165. The SMILES string of the molecule is CCCSCCCNC(=O)OC1CCCCC1. The molecule has 0 aromatic rings. The van der Waals surface area contributed by atoms with Crippen molar-refractivity contribution in [3.05, 3.63) is 0 Å². The van der Waals surface area contributed by atoms with Crippen LogP contribution in [0, 0.1) is 0 Å². The third-order valence-corrected chi connectivity index (χ3v) is 4.18. The first kappa shape index (κ1) is 14.7. The summed E-state index contributed by atoms with van der Waals surface area (Å²) in [5, 5.41) is 2.83. The van der Waals surface area contributed by atoms with Crippen molar-refractivity contribution in [3.63, 3.8) is 0 Å². The van der Waals surface area contributed by atoms with E-state index < -0.39 is 0 Å². The highest BCUT2D eigenvalue weighted by atomic mass is 32.2. The third kappa shape index (κ3) is 7.53. The van der Waals surface area contributed by atoms with E-state index in [2.05, 4.69) is 12.2 Å². The van der Waals surface area contributed by atoms with Crippen LogP contribution in [0.4, 0.5) is 4.79 Å². The highest BCUT2D eigenvalue weighted by Crippen LogP contribution is 2.20. The molecule has 3 nitrogen and oxygen atoms in total. The largest absolute Gasteiger partial charge is 0.446 e. The van der Waals surface area contributed by atoms with Crippen molar-refractivity contribution >= 4 is 17.9 Å². The summed E-state index contributed by atoms with van der Waals surface area (Å²) in [5.74, 6) is 2.34. The maximum atomic E-state index is 11.5. The van der Waals surface area contributed by atoms with Crippen LogP contribution < -0.4 is 5.32 Å². The normalized spacial score (nSPS) is 16.8. The van der Waals surface area contributed by atoms with Crippen LogP contribution in [0.1, 0.15) is 51.9 Å². The molecule has 1 amide bonds. The molecule has 0 aromatic carbocycles. The number of carbonyl (C=O) groups is 1. The second-order valence-electron chi connectivity index (χ2n) is 4.56. The van der Waals surface area contributed by atoms with E-state index in [0.29, 0.717) is 0 Å². The maximum Gasteiger partial charge on any atom is 0.407 e. The number of rotatable bonds is 7. The maximum absolute atomic E-state index is 11.5. The van der Waals surface area contributed by atoms with Gasteiger partial charge in [-0.1, -0.05) is 13.3 Å². The lowest BCUT2D eigenvalue weighted by Crippen LogP contribution is -2.30. The number of nitrogens with one attached hydrogen (secondary N) is 1. The van der Waals surface area contributed by atoms with E-state index >= 15 is 0 Å². The molecule has 0 unspecified atom stereocenters. The quantitative estimate of drug-likeness (QED) is 0.710. The molecular formula is C13H25NO2S. The smallest absolute Gasteiger partial charge is 0.407 e. The van der Waals surface area contributed by atoms with Crippen LogP contribution >= 0.6 is 11.8 Å². The molecule has 0 atom stereocenters. The Morgan fingerprint density at radius 1 is 1.29 bits per heavy atom. The zero-order valence-corrected chi connectivity index (χ0v) is 11.7. The van der Waals surface area contributed by atoms with Crippen molar-refractivity contribution in [2.45, 2.75) is 58.0 Å². The number of hydrogen-bond acceptors (Lipinski definition) is 3. The second kappa shape index (κ2) is 9.63. The van der Waals surface area contributed by atoms with Gasteiger partial charge in [0.15, 0.2) is 0 Å². The lowest BCUT2D eigenvalue weighted by molar-refractivity contribution is 0.0754. The van der Waals surface area contributed by atoms with Gasteiger partial charge in [-0.15, -0.1) is 0 Å². The number of ether oxygens (including phenoxy) is 1.